The molecule has 0 aliphatic carbocycles. The van der Waals surface area contributed by atoms with Crippen molar-refractivity contribution in [1.29, 1.82) is 0 Å². The Kier molecular flexibility index (Phi) is 5.12. The first kappa shape index (κ1) is 13.7. The topological polar surface area (TPSA) is 64.3 Å². The van der Waals surface area contributed by atoms with Gasteiger partial charge < -0.3 is 15.8 Å². The van der Waals surface area contributed by atoms with Crippen molar-refractivity contribution in [3.05, 3.63) is 29.8 Å². The minimum atomic E-state index is -0.639. The summed E-state index contributed by atoms with van der Waals surface area (Å²) in [6, 6.07) is 7.10. The lowest BCUT2D eigenvalue weighted by molar-refractivity contribution is -0.118. The number of ether oxygens (including phenoxy) is 1. The summed E-state index contributed by atoms with van der Waals surface area (Å²) < 4.78 is 4.85. The summed E-state index contributed by atoms with van der Waals surface area (Å²) in [5, 5.41) is 2.83. The highest BCUT2D eigenvalue weighted by atomic mass is 16.5. The van der Waals surface area contributed by atoms with E-state index in [9.17, 15) is 4.79 Å². The Morgan fingerprint density at radius 3 is 2.65 bits per heavy atom. The van der Waals surface area contributed by atoms with E-state index in [1.54, 1.807) is 0 Å². The van der Waals surface area contributed by atoms with Gasteiger partial charge in [0.05, 0.1) is 6.61 Å². The molecule has 0 fully saturated rings. The van der Waals surface area contributed by atoms with Crippen LogP contribution in [0.25, 0.3) is 0 Å². The van der Waals surface area contributed by atoms with E-state index in [0.717, 1.165) is 11.3 Å². The first-order chi connectivity index (χ1) is 8.06. The molecule has 3 N–H and O–H groups in total. The highest BCUT2D eigenvalue weighted by Crippen LogP contribution is 2.23. The maximum absolute atomic E-state index is 11.8. The van der Waals surface area contributed by atoms with Crippen LogP contribution in [-0.4, -0.2) is 25.7 Å². The zero-order valence-electron chi connectivity index (χ0n) is 10.6. The molecule has 0 saturated carbocycles. The number of benzene rings is 1. The summed E-state index contributed by atoms with van der Waals surface area (Å²) in [4.78, 5) is 11.8. The zero-order chi connectivity index (χ0) is 12.8. The number of rotatable bonds is 5. The number of carbonyl (C=O) groups excluding carboxylic acids is 1. The third-order valence-electron chi connectivity index (χ3n) is 2.52. The van der Waals surface area contributed by atoms with Gasteiger partial charge in [0.15, 0.2) is 0 Å². The average Bonchev–Trinajstić information content (AvgIpc) is 2.29. The van der Waals surface area contributed by atoms with Crippen LogP contribution >= 0.6 is 0 Å². The van der Waals surface area contributed by atoms with E-state index < -0.39 is 6.04 Å². The Bertz CT molecular complexity index is 377. The summed E-state index contributed by atoms with van der Waals surface area (Å²) in [6.45, 7) is 4.38. The summed E-state index contributed by atoms with van der Waals surface area (Å²) in [5.41, 5.74) is 7.59. The Labute approximate surface area is 102 Å². The van der Waals surface area contributed by atoms with E-state index in [4.69, 9.17) is 10.5 Å². The van der Waals surface area contributed by atoms with Crippen molar-refractivity contribution in [1.82, 2.24) is 0 Å². The highest BCUT2D eigenvalue weighted by molar-refractivity contribution is 5.95. The van der Waals surface area contributed by atoms with Crippen molar-refractivity contribution < 1.29 is 9.53 Å². The maximum atomic E-state index is 11.8. The van der Waals surface area contributed by atoms with Crippen LogP contribution in [0.5, 0.6) is 0 Å². The fourth-order valence-electron chi connectivity index (χ4n) is 1.59. The molecule has 0 saturated heterocycles. The first-order valence-electron chi connectivity index (χ1n) is 5.70. The van der Waals surface area contributed by atoms with E-state index in [1.165, 1.54) is 7.11 Å². The zero-order valence-corrected chi connectivity index (χ0v) is 10.6. The lowest BCUT2D eigenvalue weighted by Gasteiger charge is -2.16. The average molecular weight is 236 g/mol. The van der Waals surface area contributed by atoms with Crippen LogP contribution in [0.4, 0.5) is 5.69 Å². The van der Waals surface area contributed by atoms with Crippen molar-refractivity contribution in [2.75, 3.05) is 19.0 Å². The van der Waals surface area contributed by atoms with Gasteiger partial charge in [-0.2, -0.15) is 0 Å². The molecule has 0 bridgehead atoms. The molecule has 4 heteroatoms. The summed E-state index contributed by atoms with van der Waals surface area (Å²) >= 11 is 0. The maximum Gasteiger partial charge on any atom is 0.243 e. The molecule has 0 aromatic heterocycles. The smallest absolute Gasteiger partial charge is 0.243 e. The predicted octanol–water partition coefficient (Wildman–Crippen LogP) is 1.72. The molecule has 1 aromatic carbocycles. The molecule has 0 heterocycles. The molecule has 17 heavy (non-hydrogen) atoms. The van der Waals surface area contributed by atoms with Crippen LogP contribution in [0.2, 0.25) is 0 Å². The second-order valence-corrected chi connectivity index (χ2v) is 4.29. The van der Waals surface area contributed by atoms with E-state index in [0.29, 0.717) is 5.92 Å². The monoisotopic (exact) mass is 236 g/mol. The van der Waals surface area contributed by atoms with Crippen LogP contribution in [0, 0.1) is 0 Å². The molecule has 1 atom stereocenters. The molecule has 0 radical (unpaired) electrons. The van der Waals surface area contributed by atoms with E-state index in [2.05, 4.69) is 19.2 Å². The third kappa shape index (κ3) is 3.84. The molecule has 0 spiro atoms. The van der Waals surface area contributed by atoms with E-state index in [-0.39, 0.29) is 12.5 Å². The molecule has 1 rings (SSSR count). The Hall–Kier alpha value is -1.39. The summed E-state index contributed by atoms with van der Waals surface area (Å²) in [5.74, 6) is 0.130. The number of para-hydroxylation sites is 1. The van der Waals surface area contributed by atoms with Crippen LogP contribution < -0.4 is 11.1 Å². The van der Waals surface area contributed by atoms with Gasteiger partial charge in [-0.1, -0.05) is 32.0 Å². The number of anilines is 1. The molecule has 0 aliphatic rings. The van der Waals surface area contributed by atoms with Gasteiger partial charge in [-0.3, -0.25) is 4.79 Å². The highest BCUT2D eigenvalue weighted by Gasteiger charge is 2.15. The normalized spacial score (nSPS) is 12.5. The van der Waals surface area contributed by atoms with Crippen LogP contribution in [0.15, 0.2) is 24.3 Å². The molecule has 4 nitrogen and oxygen atoms in total. The first-order valence-corrected chi connectivity index (χ1v) is 5.70. The number of methoxy groups -OCH3 is 1. The Morgan fingerprint density at radius 2 is 2.06 bits per heavy atom. The second-order valence-electron chi connectivity index (χ2n) is 4.29. The quantitative estimate of drug-likeness (QED) is 0.818. The minimum absolute atomic E-state index is 0.218. The van der Waals surface area contributed by atoms with Crippen LogP contribution in [0.3, 0.4) is 0 Å². The van der Waals surface area contributed by atoms with Gasteiger partial charge in [0.25, 0.3) is 0 Å². The predicted molar refractivity (Wildman–Crippen MR) is 69.0 cm³/mol. The van der Waals surface area contributed by atoms with Crippen molar-refractivity contribution in [3.63, 3.8) is 0 Å². The third-order valence-corrected chi connectivity index (χ3v) is 2.52. The number of carbonyl (C=O) groups is 1. The Balaban J connectivity index is 2.77. The molecule has 1 unspecified atom stereocenters. The number of nitrogens with two attached hydrogens (primary N) is 1. The number of nitrogens with one attached hydrogen (secondary N) is 1. The fraction of sp³-hybridized carbons (Fsp3) is 0.462. The number of amides is 1. The van der Waals surface area contributed by atoms with E-state index >= 15 is 0 Å². The molecule has 94 valence electrons. The molecular weight excluding hydrogens is 216 g/mol. The summed E-state index contributed by atoms with van der Waals surface area (Å²) in [6.07, 6.45) is 0. The molecule has 0 aliphatic heterocycles. The number of hydrogen-bond acceptors (Lipinski definition) is 3. The summed E-state index contributed by atoms with van der Waals surface area (Å²) in [7, 11) is 1.52. The molecule has 1 aromatic rings. The lowest BCUT2D eigenvalue weighted by Crippen LogP contribution is -2.39. The van der Waals surface area contributed by atoms with Crippen molar-refractivity contribution in [2.24, 2.45) is 5.73 Å². The molecule has 1 amide bonds. The Morgan fingerprint density at radius 1 is 1.41 bits per heavy atom. The van der Waals surface area contributed by atoms with Crippen molar-refractivity contribution in [2.45, 2.75) is 25.8 Å². The van der Waals surface area contributed by atoms with Gasteiger partial charge in [-0.25, -0.2) is 0 Å². The van der Waals surface area contributed by atoms with Crippen molar-refractivity contribution in [3.8, 4) is 0 Å². The van der Waals surface area contributed by atoms with Gasteiger partial charge >= 0.3 is 0 Å². The fourth-order valence-corrected chi connectivity index (χ4v) is 1.59. The minimum Gasteiger partial charge on any atom is -0.383 e. The lowest BCUT2D eigenvalue weighted by atomic mass is 10.0. The van der Waals surface area contributed by atoms with Gasteiger partial charge in [0, 0.05) is 12.8 Å². The van der Waals surface area contributed by atoms with Crippen LogP contribution in [-0.2, 0) is 9.53 Å². The van der Waals surface area contributed by atoms with Crippen LogP contribution in [0.1, 0.15) is 25.3 Å². The van der Waals surface area contributed by atoms with Gasteiger partial charge in [-0.15, -0.1) is 0 Å². The second kappa shape index (κ2) is 6.37. The molecular formula is C13H20N2O2. The standard InChI is InChI=1S/C13H20N2O2/c1-9(2)10-6-4-5-7-12(10)15-13(16)11(14)8-17-3/h4-7,9,11H,8,14H2,1-3H3,(H,15,16). The van der Waals surface area contributed by atoms with E-state index in [1.807, 2.05) is 24.3 Å². The van der Waals surface area contributed by atoms with Gasteiger partial charge in [0.2, 0.25) is 5.91 Å². The van der Waals surface area contributed by atoms with Gasteiger partial charge in [-0.05, 0) is 17.5 Å². The number of hydrogen-bond donors (Lipinski definition) is 2. The largest absolute Gasteiger partial charge is 0.383 e. The SMILES string of the molecule is COCC(N)C(=O)Nc1ccccc1C(C)C. The van der Waals surface area contributed by atoms with Gasteiger partial charge in [0.1, 0.15) is 6.04 Å². The van der Waals surface area contributed by atoms with Crippen molar-refractivity contribution >= 4 is 11.6 Å².